The van der Waals surface area contributed by atoms with Gasteiger partial charge in [0, 0.05) is 36.6 Å². The maximum atomic E-state index is 12.8. The molecule has 130 valence electrons. The zero-order chi connectivity index (χ0) is 17.2. The van der Waals surface area contributed by atoms with Crippen molar-refractivity contribution in [2.45, 2.75) is 25.7 Å². The first-order chi connectivity index (χ1) is 12.2. The average molecular weight is 354 g/mol. The van der Waals surface area contributed by atoms with Gasteiger partial charge in [0.15, 0.2) is 0 Å². The van der Waals surface area contributed by atoms with Gasteiger partial charge in [0.05, 0.1) is 6.42 Å². The standard InChI is InChI=1S/C20H22N2O2S/c23-19(14-18-5-2-12-25-18)21-8-10-22(11-9-21)20(24)17-7-6-15-3-1-4-16(15)13-17/h2,5-7,12-13H,1,3-4,8-11,14H2. The number of benzene rings is 1. The van der Waals surface area contributed by atoms with E-state index in [0.717, 1.165) is 23.3 Å². The summed E-state index contributed by atoms with van der Waals surface area (Å²) < 4.78 is 0. The van der Waals surface area contributed by atoms with Gasteiger partial charge in [-0.2, -0.15) is 0 Å². The minimum absolute atomic E-state index is 0.0973. The molecule has 0 atom stereocenters. The average Bonchev–Trinajstić information content (AvgIpc) is 3.32. The van der Waals surface area contributed by atoms with Gasteiger partial charge < -0.3 is 9.80 Å². The SMILES string of the molecule is O=C(Cc1cccs1)N1CCN(C(=O)c2ccc3c(c2)CCC3)CC1. The summed E-state index contributed by atoms with van der Waals surface area (Å²) in [4.78, 5) is 30.0. The number of carbonyl (C=O) groups is 2. The summed E-state index contributed by atoms with van der Waals surface area (Å²) in [6.45, 7) is 2.49. The van der Waals surface area contributed by atoms with Crippen molar-refractivity contribution in [2.24, 2.45) is 0 Å². The number of carbonyl (C=O) groups excluding carboxylic acids is 2. The van der Waals surface area contributed by atoms with E-state index in [1.807, 2.05) is 33.4 Å². The fraction of sp³-hybridized carbons (Fsp3) is 0.400. The predicted molar refractivity (Wildman–Crippen MR) is 99.0 cm³/mol. The Morgan fingerprint density at radius 2 is 1.72 bits per heavy atom. The van der Waals surface area contributed by atoms with E-state index in [9.17, 15) is 9.59 Å². The highest BCUT2D eigenvalue weighted by atomic mass is 32.1. The van der Waals surface area contributed by atoms with Crippen LogP contribution >= 0.6 is 11.3 Å². The van der Waals surface area contributed by atoms with Gasteiger partial charge in [0.1, 0.15) is 0 Å². The second-order valence-corrected chi connectivity index (χ2v) is 7.80. The third kappa shape index (κ3) is 3.47. The van der Waals surface area contributed by atoms with Crippen LogP contribution in [0, 0.1) is 0 Å². The molecular weight excluding hydrogens is 332 g/mol. The van der Waals surface area contributed by atoms with Crippen LogP contribution in [-0.2, 0) is 24.1 Å². The highest BCUT2D eigenvalue weighted by Gasteiger charge is 2.25. The molecule has 1 saturated heterocycles. The van der Waals surface area contributed by atoms with Crippen molar-refractivity contribution in [2.75, 3.05) is 26.2 Å². The lowest BCUT2D eigenvalue weighted by Gasteiger charge is -2.35. The van der Waals surface area contributed by atoms with E-state index in [1.165, 1.54) is 17.5 Å². The number of piperazine rings is 1. The van der Waals surface area contributed by atoms with Crippen LogP contribution in [0.2, 0.25) is 0 Å². The van der Waals surface area contributed by atoms with Crippen LogP contribution in [0.1, 0.15) is 32.8 Å². The molecule has 1 aliphatic carbocycles. The van der Waals surface area contributed by atoms with Gasteiger partial charge in [-0.3, -0.25) is 9.59 Å². The number of thiophene rings is 1. The van der Waals surface area contributed by atoms with Crippen LogP contribution in [-0.4, -0.2) is 47.8 Å². The Balaban J connectivity index is 1.35. The molecule has 1 aliphatic heterocycles. The maximum Gasteiger partial charge on any atom is 0.253 e. The van der Waals surface area contributed by atoms with Crippen molar-refractivity contribution < 1.29 is 9.59 Å². The van der Waals surface area contributed by atoms with Gasteiger partial charge in [-0.1, -0.05) is 12.1 Å². The Morgan fingerprint density at radius 1 is 0.960 bits per heavy atom. The van der Waals surface area contributed by atoms with Gasteiger partial charge in [-0.25, -0.2) is 0 Å². The molecule has 1 aromatic carbocycles. The van der Waals surface area contributed by atoms with Crippen molar-refractivity contribution in [3.8, 4) is 0 Å². The molecule has 2 heterocycles. The van der Waals surface area contributed by atoms with Gasteiger partial charge >= 0.3 is 0 Å². The quantitative estimate of drug-likeness (QED) is 0.850. The molecule has 0 unspecified atom stereocenters. The summed E-state index contributed by atoms with van der Waals surface area (Å²) in [5, 5.41) is 2.00. The van der Waals surface area contributed by atoms with Crippen molar-refractivity contribution >= 4 is 23.2 Å². The third-order valence-corrected chi connectivity index (χ3v) is 6.05. The Labute approximate surface area is 152 Å². The second kappa shape index (κ2) is 7.00. The third-order valence-electron chi connectivity index (χ3n) is 5.17. The molecule has 2 aromatic rings. The summed E-state index contributed by atoms with van der Waals surface area (Å²) in [6, 6.07) is 10.1. The Bertz CT molecular complexity index is 777. The van der Waals surface area contributed by atoms with Crippen LogP contribution in [0.5, 0.6) is 0 Å². The molecule has 0 saturated carbocycles. The molecule has 4 nitrogen and oxygen atoms in total. The Kier molecular flexibility index (Phi) is 4.57. The minimum Gasteiger partial charge on any atom is -0.339 e. The summed E-state index contributed by atoms with van der Waals surface area (Å²) >= 11 is 1.62. The topological polar surface area (TPSA) is 40.6 Å². The zero-order valence-corrected chi connectivity index (χ0v) is 15.1. The van der Waals surface area contributed by atoms with Crippen molar-refractivity contribution in [1.29, 1.82) is 0 Å². The first-order valence-electron chi connectivity index (χ1n) is 8.92. The highest BCUT2D eigenvalue weighted by Crippen LogP contribution is 2.23. The fourth-order valence-electron chi connectivity index (χ4n) is 3.72. The molecule has 0 radical (unpaired) electrons. The maximum absolute atomic E-state index is 12.8. The molecule has 0 spiro atoms. The molecule has 5 heteroatoms. The summed E-state index contributed by atoms with van der Waals surface area (Å²) in [7, 11) is 0. The fourth-order valence-corrected chi connectivity index (χ4v) is 4.42. The number of amides is 2. The summed E-state index contributed by atoms with van der Waals surface area (Å²) in [5.74, 6) is 0.257. The number of hydrogen-bond donors (Lipinski definition) is 0. The summed E-state index contributed by atoms with van der Waals surface area (Å²) in [5.41, 5.74) is 3.51. The molecule has 2 aliphatic rings. The van der Waals surface area contributed by atoms with E-state index in [-0.39, 0.29) is 11.8 Å². The molecule has 0 N–H and O–H groups in total. The number of nitrogens with zero attached hydrogens (tertiary/aromatic N) is 2. The normalized spacial score (nSPS) is 16.8. The smallest absolute Gasteiger partial charge is 0.253 e. The van der Waals surface area contributed by atoms with Crippen LogP contribution in [0.15, 0.2) is 35.7 Å². The van der Waals surface area contributed by atoms with Crippen LogP contribution in [0.4, 0.5) is 0 Å². The van der Waals surface area contributed by atoms with E-state index in [2.05, 4.69) is 12.1 Å². The van der Waals surface area contributed by atoms with Gasteiger partial charge in [-0.05, 0) is 54.0 Å². The van der Waals surface area contributed by atoms with Crippen LogP contribution in [0.25, 0.3) is 0 Å². The van der Waals surface area contributed by atoms with E-state index >= 15 is 0 Å². The number of fused-ring (bicyclic) bond motifs is 1. The van der Waals surface area contributed by atoms with Gasteiger partial charge in [0.2, 0.25) is 5.91 Å². The van der Waals surface area contributed by atoms with E-state index < -0.39 is 0 Å². The first kappa shape index (κ1) is 16.3. The zero-order valence-electron chi connectivity index (χ0n) is 14.2. The first-order valence-corrected chi connectivity index (χ1v) is 9.80. The molecule has 0 bridgehead atoms. The lowest BCUT2D eigenvalue weighted by atomic mass is 10.1. The Hall–Kier alpha value is -2.14. The minimum atomic E-state index is 0.0973. The number of hydrogen-bond acceptors (Lipinski definition) is 3. The lowest BCUT2D eigenvalue weighted by Crippen LogP contribution is -2.51. The van der Waals surface area contributed by atoms with Crippen molar-refractivity contribution in [1.82, 2.24) is 9.80 Å². The molecular formula is C20H22N2O2S. The second-order valence-electron chi connectivity index (χ2n) is 6.77. The van der Waals surface area contributed by atoms with Crippen LogP contribution < -0.4 is 0 Å². The van der Waals surface area contributed by atoms with Crippen molar-refractivity contribution in [3.05, 3.63) is 57.3 Å². The Morgan fingerprint density at radius 3 is 2.48 bits per heavy atom. The molecule has 2 amide bonds. The van der Waals surface area contributed by atoms with Crippen molar-refractivity contribution in [3.63, 3.8) is 0 Å². The van der Waals surface area contributed by atoms with Gasteiger partial charge in [0.25, 0.3) is 5.91 Å². The lowest BCUT2D eigenvalue weighted by molar-refractivity contribution is -0.131. The molecule has 1 aromatic heterocycles. The van der Waals surface area contributed by atoms with E-state index in [1.54, 1.807) is 11.3 Å². The molecule has 25 heavy (non-hydrogen) atoms. The predicted octanol–water partition coefficient (Wildman–Crippen LogP) is 2.76. The summed E-state index contributed by atoms with van der Waals surface area (Å²) in [6.07, 6.45) is 3.88. The van der Waals surface area contributed by atoms with Crippen LogP contribution in [0.3, 0.4) is 0 Å². The molecule has 4 rings (SSSR count). The van der Waals surface area contributed by atoms with E-state index in [4.69, 9.17) is 0 Å². The molecule has 1 fully saturated rings. The monoisotopic (exact) mass is 354 g/mol. The highest BCUT2D eigenvalue weighted by molar-refractivity contribution is 7.10. The van der Waals surface area contributed by atoms with E-state index in [0.29, 0.717) is 32.6 Å². The largest absolute Gasteiger partial charge is 0.339 e. The van der Waals surface area contributed by atoms with Gasteiger partial charge in [-0.15, -0.1) is 11.3 Å². The number of rotatable bonds is 3. The number of aryl methyl sites for hydroxylation is 2.